The third-order valence-corrected chi connectivity index (χ3v) is 2.36. The highest BCUT2D eigenvalue weighted by molar-refractivity contribution is 5.77. The molecule has 0 saturated carbocycles. The summed E-state index contributed by atoms with van der Waals surface area (Å²) >= 11 is 0. The highest BCUT2D eigenvalue weighted by Crippen LogP contribution is 2.14. The minimum Gasteiger partial charge on any atom is -0.300 e. The van der Waals surface area contributed by atoms with E-state index >= 15 is 0 Å². The minimum absolute atomic E-state index is 0.415. The molecular formula is C11H22O. The average Bonchev–Trinajstić information content (AvgIpc) is 2.10. The molecule has 0 aliphatic heterocycles. The molecule has 0 fully saturated rings. The molecule has 0 N–H and O–H groups in total. The van der Waals surface area contributed by atoms with Crippen molar-refractivity contribution in [1.82, 2.24) is 0 Å². The lowest BCUT2D eigenvalue weighted by molar-refractivity contribution is -0.119. The van der Waals surface area contributed by atoms with Crippen LogP contribution in [0.3, 0.4) is 0 Å². The Kier molecular flexibility index (Phi) is 7.12. The molecule has 0 heterocycles. The van der Waals surface area contributed by atoms with E-state index in [2.05, 4.69) is 13.8 Å². The molecule has 1 unspecified atom stereocenters. The number of carbonyl (C=O) groups is 1. The van der Waals surface area contributed by atoms with Gasteiger partial charge >= 0.3 is 0 Å². The van der Waals surface area contributed by atoms with E-state index in [0.717, 1.165) is 18.8 Å². The van der Waals surface area contributed by atoms with Crippen LogP contribution in [0.4, 0.5) is 0 Å². The lowest BCUT2D eigenvalue weighted by Crippen LogP contribution is -2.00. The highest BCUT2D eigenvalue weighted by Gasteiger charge is 2.04. The summed E-state index contributed by atoms with van der Waals surface area (Å²) in [7, 11) is 0. The van der Waals surface area contributed by atoms with Gasteiger partial charge in [-0.1, -0.05) is 40.0 Å². The molecule has 0 amide bonds. The van der Waals surface area contributed by atoms with E-state index in [4.69, 9.17) is 0 Å². The maximum absolute atomic E-state index is 11.0. The second-order valence-electron chi connectivity index (χ2n) is 3.68. The molecule has 0 spiro atoms. The van der Waals surface area contributed by atoms with Gasteiger partial charge in [0.05, 0.1) is 0 Å². The van der Waals surface area contributed by atoms with E-state index in [1.165, 1.54) is 19.3 Å². The Morgan fingerprint density at radius 2 is 1.92 bits per heavy atom. The van der Waals surface area contributed by atoms with Gasteiger partial charge in [-0.3, -0.25) is 4.79 Å². The number of rotatable bonds is 7. The quantitative estimate of drug-likeness (QED) is 0.571. The molecule has 1 nitrogen and oxygen atoms in total. The van der Waals surface area contributed by atoms with Crippen LogP contribution >= 0.6 is 0 Å². The van der Waals surface area contributed by atoms with Crippen molar-refractivity contribution in [3.8, 4) is 0 Å². The van der Waals surface area contributed by atoms with Gasteiger partial charge in [-0.05, 0) is 12.3 Å². The zero-order valence-corrected chi connectivity index (χ0v) is 8.73. The maximum atomic E-state index is 11.0. The van der Waals surface area contributed by atoms with Gasteiger partial charge in [0.1, 0.15) is 5.78 Å². The molecule has 0 saturated heterocycles. The molecule has 0 radical (unpaired) electrons. The van der Waals surface area contributed by atoms with Gasteiger partial charge in [0.15, 0.2) is 0 Å². The molecule has 72 valence electrons. The Balaban J connectivity index is 3.30. The zero-order valence-electron chi connectivity index (χ0n) is 8.73. The largest absolute Gasteiger partial charge is 0.300 e. The lowest BCUT2D eigenvalue weighted by atomic mass is 9.97. The summed E-state index contributed by atoms with van der Waals surface area (Å²) in [6, 6.07) is 0. The first-order valence-electron chi connectivity index (χ1n) is 5.22. The topological polar surface area (TPSA) is 17.1 Å². The summed E-state index contributed by atoms with van der Waals surface area (Å²) < 4.78 is 0. The fraction of sp³-hybridized carbons (Fsp3) is 0.909. The van der Waals surface area contributed by atoms with Crippen LogP contribution in [0, 0.1) is 5.92 Å². The van der Waals surface area contributed by atoms with Crippen LogP contribution in [-0.4, -0.2) is 5.78 Å². The molecule has 0 aliphatic rings. The Morgan fingerprint density at radius 1 is 1.25 bits per heavy atom. The number of hydrogen-bond acceptors (Lipinski definition) is 1. The van der Waals surface area contributed by atoms with Crippen LogP contribution in [-0.2, 0) is 4.79 Å². The number of hydrogen-bond donors (Lipinski definition) is 0. The first-order valence-corrected chi connectivity index (χ1v) is 5.22. The molecule has 0 bridgehead atoms. The summed E-state index contributed by atoms with van der Waals surface area (Å²) in [5.41, 5.74) is 0. The summed E-state index contributed by atoms with van der Waals surface area (Å²) in [5, 5.41) is 0. The van der Waals surface area contributed by atoms with E-state index in [1.54, 1.807) is 0 Å². The molecule has 0 aromatic heterocycles. The summed E-state index contributed by atoms with van der Waals surface area (Å²) in [5.74, 6) is 1.15. The van der Waals surface area contributed by atoms with E-state index in [1.807, 2.05) is 6.92 Å². The SMILES string of the molecule is CCCCC(C)CCC(=O)CC. The van der Waals surface area contributed by atoms with Crippen LogP contribution in [0.1, 0.15) is 59.3 Å². The van der Waals surface area contributed by atoms with Crippen LogP contribution < -0.4 is 0 Å². The van der Waals surface area contributed by atoms with Crippen molar-refractivity contribution in [1.29, 1.82) is 0 Å². The third kappa shape index (κ3) is 6.38. The molecule has 12 heavy (non-hydrogen) atoms. The fourth-order valence-corrected chi connectivity index (χ4v) is 1.28. The van der Waals surface area contributed by atoms with Crippen molar-refractivity contribution in [3.63, 3.8) is 0 Å². The Bertz CT molecular complexity index is 118. The van der Waals surface area contributed by atoms with Crippen molar-refractivity contribution in [2.24, 2.45) is 5.92 Å². The zero-order chi connectivity index (χ0) is 9.40. The van der Waals surface area contributed by atoms with Gasteiger partial charge < -0.3 is 0 Å². The number of carbonyl (C=O) groups excluding carboxylic acids is 1. The van der Waals surface area contributed by atoms with E-state index < -0.39 is 0 Å². The van der Waals surface area contributed by atoms with Gasteiger partial charge in [-0.25, -0.2) is 0 Å². The molecule has 0 aromatic carbocycles. The number of Topliss-reactive ketones (excluding diaryl/α,β-unsaturated/α-hetero) is 1. The maximum Gasteiger partial charge on any atom is 0.132 e. The number of unbranched alkanes of at least 4 members (excludes halogenated alkanes) is 1. The van der Waals surface area contributed by atoms with Crippen molar-refractivity contribution < 1.29 is 4.79 Å². The Hall–Kier alpha value is -0.330. The first-order chi connectivity index (χ1) is 5.70. The Morgan fingerprint density at radius 3 is 2.42 bits per heavy atom. The molecule has 1 atom stereocenters. The molecule has 0 rings (SSSR count). The Labute approximate surface area is 76.6 Å². The normalized spacial score (nSPS) is 12.9. The standard InChI is InChI=1S/C11H22O/c1-4-6-7-10(3)8-9-11(12)5-2/h10H,4-9H2,1-3H3. The molecule has 1 heteroatoms. The van der Waals surface area contributed by atoms with Gasteiger partial charge in [0, 0.05) is 12.8 Å². The van der Waals surface area contributed by atoms with Crippen molar-refractivity contribution in [2.45, 2.75) is 59.3 Å². The molecule has 0 aromatic rings. The summed E-state index contributed by atoms with van der Waals surface area (Å²) in [6.45, 7) is 6.40. The van der Waals surface area contributed by atoms with Crippen molar-refractivity contribution in [3.05, 3.63) is 0 Å². The fourth-order valence-electron chi connectivity index (χ4n) is 1.28. The van der Waals surface area contributed by atoms with Crippen LogP contribution in [0.2, 0.25) is 0 Å². The van der Waals surface area contributed by atoms with Gasteiger partial charge in [-0.2, -0.15) is 0 Å². The number of ketones is 1. The molecule has 0 aliphatic carbocycles. The smallest absolute Gasteiger partial charge is 0.132 e. The predicted octanol–water partition coefficient (Wildman–Crippen LogP) is 3.57. The highest BCUT2D eigenvalue weighted by atomic mass is 16.1. The van der Waals surface area contributed by atoms with Crippen molar-refractivity contribution in [2.75, 3.05) is 0 Å². The average molecular weight is 170 g/mol. The summed E-state index contributed by atoms with van der Waals surface area (Å²) in [6.07, 6.45) is 6.45. The van der Waals surface area contributed by atoms with Gasteiger partial charge in [0.25, 0.3) is 0 Å². The van der Waals surface area contributed by atoms with Crippen LogP contribution in [0.5, 0.6) is 0 Å². The second kappa shape index (κ2) is 7.33. The summed E-state index contributed by atoms with van der Waals surface area (Å²) in [4.78, 5) is 11.0. The first kappa shape index (κ1) is 11.7. The lowest BCUT2D eigenvalue weighted by Gasteiger charge is -2.08. The van der Waals surface area contributed by atoms with Gasteiger partial charge in [-0.15, -0.1) is 0 Å². The van der Waals surface area contributed by atoms with E-state index in [0.29, 0.717) is 12.2 Å². The third-order valence-electron chi connectivity index (χ3n) is 2.36. The monoisotopic (exact) mass is 170 g/mol. The minimum atomic E-state index is 0.415. The van der Waals surface area contributed by atoms with Crippen molar-refractivity contribution >= 4 is 5.78 Å². The second-order valence-corrected chi connectivity index (χ2v) is 3.68. The van der Waals surface area contributed by atoms with Crippen LogP contribution in [0.25, 0.3) is 0 Å². The molecular weight excluding hydrogens is 148 g/mol. The van der Waals surface area contributed by atoms with Gasteiger partial charge in [0.2, 0.25) is 0 Å². The van der Waals surface area contributed by atoms with Crippen LogP contribution in [0.15, 0.2) is 0 Å². The van der Waals surface area contributed by atoms with E-state index in [9.17, 15) is 4.79 Å². The van der Waals surface area contributed by atoms with E-state index in [-0.39, 0.29) is 0 Å². The predicted molar refractivity (Wildman–Crippen MR) is 53.2 cm³/mol.